The Morgan fingerprint density at radius 1 is 0.750 bits per heavy atom. The van der Waals surface area contributed by atoms with Crippen molar-refractivity contribution < 1.29 is 0 Å². The topological polar surface area (TPSA) is 28.0 Å². The zero-order chi connectivity index (χ0) is 17.8. The van der Waals surface area contributed by atoms with Gasteiger partial charge in [0.2, 0.25) is 0 Å². The summed E-state index contributed by atoms with van der Waals surface area (Å²) in [6.07, 6.45) is 13.2. The summed E-state index contributed by atoms with van der Waals surface area (Å²) in [4.78, 5) is 11.4. The Kier molecular flexibility index (Phi) is 11.3. The standard InChI is InChI=1S/C13H22N2.C8H19N/c1-3-7-12(8-4-1)14-11-15-13-9-5-2-6-10-13;1-6-9(7(2)3)8(4)5/h12-13H,1-10H2;7-8H,6H2,1-5H3. The Hall–Kier alpha value is -0.660. The predicted molar refractivity (Wildman–Crippen MR) is 106 cm³/mol. The fourth-order valence-electron chi connectivity index (χ4n) is 3.94. The molecule has 0 aromatic carbocycles. The number of aliphatic imine (C=N–C) groups is 2. The highest BCUT2D eigenvalue weighted by Gasteiger charge is 2.12. The molecule has 24 heavy (non-hydrogen) atoms. The molecule has 0 heterocycles. The summed E-state index contributed by atoms with van der Waals surface area (Å²) in [5.74, 6) is 0. The molecule has 0 aromatic heterocycles. The van der Waals surface area contributed by atoms with E-state index in [1.54, 1.807) is 0 Å². The van der Waals surface area contributed by atoms with Crippen LogP contribution in [0.2, 0.25) is 0 Å². The van der Waals surface area contributed by atoms with Crippen LogP contribution in [0.15, 0.2) is 9.98 Å². The van der Waals surface area contributed by atoms with Crippen LogP contribution in [0.3, 0.4) is 0 Å². The van der Waals surface area contributed by atoms with Gasteiger partial charge in [0.15, 0.2) is 0 Å². The molecule has 0 aromatic rings. The molecule has 2 aliphatic rings. The SMILES string of the molecule is C(=NC1CCCCC1)=NC1CCCCC1.CCN(C(C)C)C(C)C. The van der Waals surface area contributed by atoms with Crippen molar-refractivity contribution in [3.8, 4) is 0 Å². The minimum atomic E-state index is 0.533. The van der Waals surface area contributed by atoms with Gasteiger partial charge in [0.25, 0.3) is 0 Å². The average Bonchev–Trinajstić information content (AvgIpc) is 2.57. The predicted octanol–water partition coefficient (Wildman–Crippen LogP) is 5.95. The summed E-state index contributed by atoms with van der Waals surface area (Å²) in [5, 5.41) is 0. The molecule has 2 saturated carbocycles. The maximum atomic E-state index is 4.46. The van der Waals surface area contributed by atoms with Crippen molar-refractivity contribution >= 4 is 6.01 Å². The van der Waals surface area contributed by atoms with E-state index >= 15 is 0 Å². The quantitative estimate of drug-likeness (QED) is 0.570. The summed E-state index contributed by atoms with van der Waals surface area (Å²) in [6.45, 7) is 12.3. The second kappa shape index (κ2) is 12.7. The van der Waals surface area contributed by atoms with E-state index in [2.05, 4.69) is 55.5 Å². The van der Waals surface area contributed by atoms with Gasteiger partial charge in [-0.2, -0.15) is 0 Å². The molecular weight excluding hydrogens is 294 g/mol. The van der Waals surface area contributed by atoms with Gasteiger partial charge in [0.1, 0.15) is 0 Å². The first-order valence-corrected chi connectivity index (χ1v) is 10.4. The van der Waals surface area contributed by atoms with Crippen LogP contribution in [0, 0.1) is 0 Å². The van der Waals surface area contributed by atoms with Crippen LogP contribution in [-0.4, -0.2) is 41.6 Å². The van der Waals surface area contributed by atoms with Crippen molar-refractivity contribution in [2.24, 2.45) is 9.98 Å². The largest absolute Gasteiger partial charge is 0.299 e. The normalized spacial score (nSPS) is 19.8. The van der Waals surface area contributed by atoms with Crippen molar-refractivity contribution in [1.29, 1.82) is 0 Å². The van der Waals surface area contributed by atoms with Crippen LogP contribution in [0.25, 0.3) is 0 Å². The van der Waals surface area contributed by atoms with Crippen molar-refractivity contribution in [3.63, 3.8) is 0 Å². The van der Waals surface area contributed by atoms with E-state index in [-0.39, 0.29) is 0 Å². The smallest absolute Gasteiger partial charge is 0.0898 e. The Balaban J connectivity index is 0.000000277. The van der Waals surface area contributed by atoms with Gasteiger partial charge in [-0.05, 0) is 59.9 Å². The second-order valence-corrected chi connectivity index (χ2v) is 7.96. The van der Waals surface area contributed by atoms with E-state index in [0.717, 1.165) is 6.54 Å². The Labute approximate surface area is 151 Å². The van der Waals surface area contributed by atoms with Gasteiger partial charge in [-0.25, -0.2) is 9.98 Å². The lowest BCUT2D eigenvalue weighted by Crippen LogP contribution is -2.36. The van der Waals surface area contributed by atoms with Gasteiger partial charge in [-0.15, -0.1) is 0 Å². The second-order valence-electron chi connectivity index (χ2n) is 7.96. The van der Waals surface area contributed by atoms with Gasteiger partial charge < -0.3 is 0 Å². The van der Waals surface area contributed by atoms with E-state index in [1.165, 1.54) is 64.2 Å². The zero-order valence-corrected chi connectivity index (χ0v) is 16.9. The fraction of sp³-hybridized carbons (Fsp3) is 0.952. The highest BCUT2D eigenvalue weighted by Crippen LogP contribution is 2.21. The molecule has 140 valence electrons. The molecule has 0 amide bonds. The molecule has 2 fully saturated rings. The first kappa shape index (κ1) is 21.4. The van der Waals surface area contributed by atoms with Crippen LogP contribution < -0.4 is 0 Å². The summed E-state index contributed by atoms with van der Waals surface area (Å²) in [5.41, 5.74) is 0. The Morgan fingerprint density at radius 3 is 1.38 bits per heavy atom. The zero-order valence-electron chi connectivity index (χ0n) is 16.9. The monoisotopic (exact) mass is 335 g/mol. The van der Waals surface area contributed by atoms with E-state index in [4.69, 9.17) is 0 Å². The van der Waals surface area contributed by atoms with Gasteiger partial charge in [0, 0.05) is 12.1 Å². The third-order valence-electron chi connectivity index (χ3n) is 5.32. The van der Waals surface area contributed by atoms with Gasteiger partial charge in [-0.3, -0.25) is 4.90 Å². The van der Waals surface area contributed by atoms with Gasteiger partial charge >= 0.3 is 0 Å². The first-order valence-electron chi connectivity index (χ1n) is 10.4. The molecule has 2 rings (SSSR count). The molecule has 0 unspecified atom stereocenters. The first-order chi connectivity index (χ1) is 11.5. The molecule has 0 aliphatic heterocycles. The lowest BCUT2D eigenvalue weighted by atomic mass is 9.96. The maximum Gasteiger partial charge on any atom is 0.0898 e. The minimum Gasteiger partial charge on any atom is -0.299 e. The van der Waals surface area contributed by atoms with Crippen LogP contribution in [0.4, 0.5) is 0 Å². The molecule has 0 atom stereocenters. The van der Waals surface area contributed by atoms with Crippen LogP contribution >= 0.6 is 0 Å². The van der Waals surface area contributed by atoms with Crippen LogP contribution in [-0.2, 0) is 0 Å². The summed E-state index contributed by atoms with van der Waals surface area (Å²) < 4.78 is 0. The van der Waals surface area contributed by atoms with E-state index < -0.39 is 0 Å². The molecular formula is C21H41N3. The molecule has 3 nitrogen and oxygen atoms in total. The number of nitrogens with zero attached hydrogens (tertiary/aromatic N) is 3. The molecule has 0 bridgehead atoms. The highest BCUT2D eigenvalue weighted by molar-refractivity contribution is 5.42. The van der Waals surface area contributed by atoms with Crippen molar-refractivity contribution in [1.82, 2.24) is 4.90 Å². The van der Waals surface area contributed by atoms with Crippen molar-refractivity contribution in [3.05, 3.63) is 0 Å². The Morgan fingerprint density at radius 2 is 1.12 bits per heavy atom. The summed E-state index contributed by atoms with van der Waals surface area (Å²) >= 11 is 0. The fourth-order valence-corrected chi connectivity index (χ4v) is 3.94. The number of rotatable bonds is 5. The average molecular weight is 336 g/mol. The van der Waals surface area contributed by atoms with E-state index in [1.807, 2.05) is 0 Å². The maximum absolute atomic E-state index is 4.46. The lowest BCUT2D eigenvalue weighted by Gasteiger charge is -2.28. The molecule has 0 spiro atoms. The van der Waals surface area contributed by atoms with Crippen LogP contribution in [0.1, 0.15) is 98.8 Å². The lowest BCUT2D eigenvalue weighted by molar-refractivity contribution is 0.185. The van der Waals surface area contributed by atoms with Gasteiger partial charge in [0.05, 0.1) is 18.1 Å². The molecule has 0 radical (unpaired) electrons. The molecule has 0 N–H and O–H groups in total. The third-order valence-corrected chi connectivity index (χ3v) is 5.32. The molecule has 2 aliphatic carbocycles. The highest BCUT2D eigenvalue weighted by atomic mass is 15.2. The summed E-state index contributed by atoms with van der Waals surface area (Å²) in [7, 11) is 0. The Bertz CT molecular complexity index is 327. The molecule has 0 saturated heterocycles. The van der Waals surface area contributed by atoms with Crippen molar-refractivity contribution in [2.45, 2.75) is 123 Å². The minimum absolute atomic E-state index is 0.533. The van der Waals surface area contributed by atoms with E-state index in [0.29, 0.717) is 24.2 Å². The third kappa shape index (κ3) is 8.99. The number of hydrogen-bond acceptors (Lipinski definition) is 3. The molecule has 3 heteroatoms. The van der Waals surface area contributed by atoms with Crippen LogP contribution in [0.5, 0.6) is 0 Å². The summed E-state index contributed by atoms with van der Waals surface area (Å²) in [6, 6.07) is 5.42. The van der Waals surface area contributed by atoms with E-state index in [9.17, 15) is 0 Å². The van der Waals surface area contributed by atoms with Crippen molar-refractivity contribution in [2.75, 3.05) is 6.54 Å². The van der Waals surface area contributed by atoms with Gasteiger partial charge in [-0.1, -0.05) is 45.4 Å². The number of hydrogen-bond donors (Lipinski definition) is 0.